The fourth-order valence-corrected chi connectivity index (χ4v) is 5.19. The number of aromatic hydroxyl groups is 1. The molecule has 0 aliphatic carbocycles. The van der Waals surface area contributed by atoms with E-state index in [-0.39, 0.29) is 35.7 Å². The van der Waals surface area contributed by atoms with E-state index in [4.69, 9.17) is 0 Å². The highest BCUT2D eigenvalue weighted by molar-refractivity contribution is 7.98. The summed E-state index contributed by atoms with van der Waals surface area (Å²) in [5.41, 5.74) is 9.43. The first-order valence-corrected chi connectivity index (χ1v) is 11.5. The Morgan fingerprint density at radius 2 is 1.71 bits per heavy atom. The SMILES string of the molecule is CSc1ccc(C2C3C(NNC3c3ccccc3O)C(=O)N2Cc2ccncc2)cc1. The molecule has 2 aliphatic heterocycles. The summed E-state index contributed by atoms with van der Waals surface area (Å²) in [5, 5.41) is 10.5. The Morgan fingerprint density at radius 1 is 1.00 bits per heavy atom. The number of para-hydroxylation sites is 1. The molecule has 3 N–H and O–H groups in total. The number of rotatable bonds is 5. The molecule has 6 nitrogen and oxygen atoms in total. The molecule has 1 aromatic heterocycles. The number of fused-ring (bicyclic) bond motifs is 1. The van der Waals surface area contributed by atoms with E-state index >= 15 is 0 Å². The number of pyridine rings is 1. The van der Waals surface area contributed by atoms with Crippen LogP contribution >= 0.6 is 11.8 Å². The smallest absolute Gasteiger partial charge is 0.242 e. The van der Waals surface area contributed by atoms with E-state index in [2.05, 4.69) is 46.4 Å². The maximum Gasteiger partial charge on any atom is 0.242 e. The number of hydrogen-bond acceptors (Lipinski definition) is 6. The van der Waals surface area contributed by atoms with Gasteiger partial charge in [0.1, 0.15) is 11.8 Å². The van der Waals surface area contributed by atoms with Crippen molar-refractivity contribution in [1.82, 2.24) is 20.7 Å². The lowest BCUT2D eigenvalue weighted by molar-refractivity contribution is -0.131. The van der Waals surface area contributed by atoms with Crippen LogP contribution in [0.1, 0.15) is 28.8 Å². The Kier molecular flexibility index (Phi) is 5.40. The fourth-order valence-electron chi connectivity index (χ4n) is 4.78. The quantitative estimate of drug-likeness (QED) is 0.537. The van der Waals surface area contributed by atoms with Crippen molar-refractivity contribution >= 4 is 17.7 Å². The van der Waals surface area contributed by atoms with Crippen molar-refractivity contribution in [2.24, 2.45) is 5.92 Å². The normalized spacial score (nSPS) is 25.1. The van der Waals surface area contributed by atoms with Crippen LogP contribution in [0.2, 0.25) is 0 Å². The molecule has 0 saturated carbocycles. The molecule has 2 aromatic carbocycles. The largest absolute Gasteiger partial charge is 0.508 e. The van der Waals surface area contributed by atoms with Crippen molar-refractivity contribution in [2.45, 2.75) is 29.6 Å². The third-order valence-electron chi connectivity index (χ3n) is 6.25. The number of carbonyl (C=O) groups is 1. The molecule has 2 fully saturated rings. The molecule has 2 saturated heterocycles. The number of likely N-dealkylation sites (tertiary alicyclic amines) is 1. The number of phenolic OH excluding ortho intramolecular Hbond substituents is 1. The first-order chi connectivity index (χ1) is 15.2. The summed E-state index contributed by atoms with van der Waals surface area (Å²) in [6, 6.07) is 19.0. The Balaban J connectivity index is 1.57. The topological polar surface area (TPSA) is 77.5 Å². The molecule has 0 bridgehead atoms. The molecular weight excluding hydrogens is 408 g/mol. The van der Waals surface area contributed by atoms with E-state index < -0.39 is 0 Å². The van der Waals surface area contributed by atoms with Gasteiger partial charge in [0.15, 0.2) is 0 Å². The second kappa shape index (κ2) is 8.34. The molecule has 0 spiro atoms. The molecule has 4 atom stereocenters. The van der Waals surface area contributed by atoms with Crippen LogP contribution in [-0.2, 0) is 11.3 Å². The molecule has 1 amide bonds. The second-order valence-electron chi connectivity index (χ2n) is 7.92. The number of hydrogen-bond donors (Lipinski definition) is 3. The standard InChI is InChI=1S/C24H24N4O2S/c1-31-17-8-6-16(7-9-17)23-20-21(18-4-2-3-5-19(18)29)26-27-22(20)24(30)28(23)14-15-10-12-25-13-11-15/h2-13,20-23,26-27,29H,14H2,1H3. The van der Waals surface area contributed by atoms with Crippen molar-refractivity contribution in [3.63, 3.8) is 0 Å². The van der Waals surface area contributed by atoms with Crippen molar-refractivity contribution in [3.05, 3.63) is 89.7 Å². The van der Waals surface area contributed by atoms with E-state index in [0.29, 0.717) is 6.54 Å². The molecule has 158 valence electrons. The van der Waals surface area contributed by atoms with Crippen LogP contribution in [-0.4, -0.2) is 33.2 Å². The number of nitrogens with one attached hydrogen (secondary N) is 2. The molecule has 5 rings (SSSR count). The summed E-state index contributed by atoms with van der Waals surface area (Å²) >= 11 is 1.70. The van der Waals surface area contributed by atoms with Crippen molar-refractivity contribution in [2.75, 3.05) is 6.26 Å². The molecule has 7 heteroatoms. The molecule has 3 aromatic rings. The number of carbonyl (C=O) groups excluding carboxylic acids is 1. The third kappa shape index (κ3) is 3.59. The first kappa shape index (κ1) is 20.1. The van der Waals surface area contributed by atoms with E-state index in [9.17, 15) is 9.90 Å². The van der Waals surface area contributed by atoms with Crippen LogP contribution in [0.4, 0.5) is 0 Å². The molecule has 0 radical (unpaired) electrons. The average molecular weight is 433 g/mol. The van der Waals surface area contributed by atoms with E-state index in [1.165, 1.54) is 4.90 Å². The molecule has 4 unspecified atom stereocenters. The minimum absolute atomic E-state index is 0.0613. The van der Waals surface area contributed by atoms with Gasteiger partial charge in [-0.25, -0.2) is 10.9 Å². The maximum atomic E-state index is 13.5. The van der Waals surface area contributed by atoms with Gasteiger partial charge in [-0.3, -0.25) is 9.78 Å². The van der Waals surface area contributed by atoms with Gasteiger partial charge in [-0.05, 0) is 47.7 Å². The van der Waals surface area contributed by atoms with Gasteiger partial charge in [-0.1, -0.05) is 30.3 Å². The van der Waals surface area contributed by atoms with E-state index in [1.807, 2.05) is 35.2 Å². The predicted molar refractivity (Wildman–Crippen MR) is 120 cm³/mol. The van der Waals surface area contributed by atoms with E-state index in [1.54, 1.807) is 30.2 Å². The monoisotopic (exact) mass is 432 g/mol. The highest BCUT2D eigenvalue weighted by Gasteiger charge is 2.55. The van der Waals surface area contributed by atoms with Gasteiger partial charge in [0.25, 0.3) is 0 Å². The summed E-state index contributed by atoms with van der Waals surface area (Å²) in [5.74, 6) is 0.230. The summed E-state index contributed by atoms with van der Waals surface area (Å²) in [6.45, 7) is 0.512. The Bertz CT molecular complexity index is 1080. The zero-order valence-corrected chi connectivity index (χ0v) is 17.9. The van der Waals surface area contributed by atoms with Gasteiger partial charge in [0, 0.05) is 35.3 Å². The summed E-state index contributed by atoms with van der Waals surface area (Å²) < 4.78 is 0. The number of phenols is 1. The minimum atomic E-state index is -0.364. The first-order valence-electron chi connectivity index (χ1n) is 10.3. The maximum absolute atomic E-state index is 13.5. The third-order valence-corrected chi connectivity index (χ3v) is 6.99. The van der Waals surface area contributed by atoms with Gasteiger partial charge in [-0.15, -0.1) is 11.8 Å². The van der Waals surface area contributed by atoms with Gasteiger partial charge in [0.05, 0.1) is 12.1 Å². The van der Waals surface area contributed by atoms with Gasteiger partial charge in [-0.2, -0.15) is 0 Å². The van der Waals surface area contributed by atoms with Gasteiger partial charge < -0.3 is 10.0 Å². The summed E-state index contributed by atoms with van der Waals surface area (Å²) in [6.07, 6.45) is 5.56. The van der Waals surface area contributed by atoms with Crippen LogP contribution in [0, 0.1) is 5.92 Å². The Hall–Kier alpha value is -2.87. The predicted octanol–water partition coefficient (Wildman–Crippen LogP) is 3.43. The number of thioether (sulfide) groups is 1. The summed E-state index contributed by atoms with van der Waals surface area (Å²) in [7, 11) is 0. The highest BCUT2D eigenvalue weighted by atomic mass is 32.2. The molecule has 2 aliphatic rings. The van der Waals surface area contributed by atoms with Crippen LogP contribution in [0.3, 0.4) is 0 Å². The van der Waals surface area contributed by atoms with Crippen LogP contribution in [0.25, 0.3) is 0 Å². The lowest BCUT2D eigenvalue weighted by Crippen LogP contribution is -2.41. The van der Waals surface area contributed by atoms with Crippen LogP contribution in [0.15, 0.2) is 78.0 Å². The molecule has 3 heterocycles. The lowest BCUT2D eigenvalue weighted by atomic mass is 9.83. The average Bonchev–Trinajstić information content (AvgIpc) is 3.34. The van der Waals surface area contributed by atoms with Crippen LogP contribution < -0.4 is 10.9 Å². The van der Waals surface area contributed by atoms with Crippen molar-refractivity contribution in [1.29, 1.82) is 0 Å². The highest BCUT2D eigenvalue weighted by Crippen LogP contribution is 2.49. The Labute approximate surface area is 185 Å². The zero-order valence-electron chi connectivity index (χ0n) is 17.1. The van der Waals surface area contributed by atoms with Gasteiger partial charge >= 0.3 is 0 Å². The number of nitrogens with zero attached hydrogens (tertiary/aromatic N) is 2. The van der Waals surface area contributed by atoms with Crippen molar-refractivity contribution in [3.8, 4) is 5.75 Å². The molecular formula is C24H24N4O2S. The fraction of sp³-hybridized carbons (Fsp3) is 0.250. The second-order valence-corrected chi connectivity index (χ2v) is 8.80. The number of amides is 1. The number of aromatic nitrogens is 1. The van der Waals surface area contributed by atoms with Gasteiger partial charge in [0.2, 0.25) is 5.91 Å². The lowest BCUT2D eigenvalue weighted by Gasteiger charge is -2.31. The van der Waals surface area contributed by atoms with Crippen molar-refractivity contribution < 1.29 is 9.90 Å². The number of benzene rings is 2. The van der Waals surface area contributed by atoms with E-state index in [0.717, 1.165) is 16.7 Å². The van der Waals surface area contributed by atoms with Crippen LogP contribution in [0.5, 0.6) is 5.75 Å². The molecule has 31 heavy (non-hydrogen) atoms. The minimum Gasteiger partial charge on any atom is -0.508 e. The zero-order chi connectivity index (χ0) is 21.4. The number of hydrazine groups is 1. The summed E-state index contributed by atoms with van der Waals surface area (Å²) in [4.78, 5) is 20.7. The Morgan fingerprint density at radius 3 is 2.42 bits per heavy atom.